The Kier molecular flexibility index (Phi) is 9.18. The molecular formula is C29H33ClF3N3O5. The number of anilines is 1. The van der Waals surface area contributed by atoms with Gasteiger partial charge in [-0.05, 0) is 57.9 Å². The van der Waals surface area contributed by atoms with E-state index in [0.29, 0.717) is 0 Å². The Labute approximate surface area is 241 Å². The Balaban J connectivity index is 1.75. The number of hydrogen-bond donors (Lipinski definition) is 1. The molecule has 0 aromatic heterocycles. The standard InChI is InChI=1S/C29H33ClF3N3O5/c1-28(2,3)41-27(39)35-17-40-16-23(35)26(38)36(20-8-6-7-18(31)15-20)24(21-9-4-5-10-22(21)30)25(37)34-19-11-13-29(32,33)14-12-19/h4-10,15,19,23-24H,11-14,16-17H2,1-3H3,(H,34,37). The monoisotopic (exact) mass is 595 g/mol. The molecule has 2 aromatic rings. The molecule has 4 rings (SSSR count). The van der Waals surface area contributed by atoms with Gasteiger partial charge in [-0.1, -0.05) is 35.9 Å². The van der Waals surface area contributed by atoms with Gasteiger partial charge in [0.25, 0.3) is 5.91 Å². The first-order valence-corrected chi connectivity index (χ1v) is 13.7. The van der Waals surface area contributed by atoms with Crippen LogP contribution in [-0.2, 0) is 19.1 Å². The summed E-state index contributed by atoms with van der Waals surface area (Å²) in [6, 6.07) is 8.27. The summed E-state index contributed by atoms with van der Waals surface area (Å²) < 4.78 is 53.0. The lowest BCUT2D eigenvalue weighted by Gasteiger charge is -2.37. The van der Waals surface area contributed by atoms with E-state index in [4.69, 9.17) is 21.1 Å². The maximum Gasteiger partial charge on any atom is 0.412 e. The highest BCUT2D eigenvalue weighted by Gasteiger charge is 2.45. The van der Waals surface area contributed by atoms with Crippen LogP contribution in [0.3, 0.4) is 0 Å². The van der Waals surface area contributed by atoms with Gasteiger partial charge in [-0.25, -0.2) is 18.0 Å². The summed E-state index contributed by atoms with van der Waals surface area (Å²) in [4.78, 5) is 43.4. The molecule has 3 amide bonds. The summed E-state index contributed by atoms with van der Waals surface area (Å²) in [6.07, 6.45) is -1.47. The zero-order valence-electron chi connectivity index (χ0n) is 23.0. The fraction of sp³-hybridized carbons (Fsp3) is 0.483. The lowest BCUT2D eigenvalue weighted by Crippen LogP contribution is -2.54. The van der Waals surface area contributed by atoms with Gasteiger partial charge in [-0.15, -0.1) is 0 Å². The minimum Gasteiger partial charge on any atom is -0.444 e. The zero-order chi connectivity index (χ0) is 29.9. The molecule has 1 heterocycles. The van der Waals surface area contributed by atoms with E-state index in [0.717, 1.165) is 15.9 Å². The third-order valence-corrected chi connectivity index (χ3v) is 7.23. The summed E-state index contributed by atoms with van der Waals surface area (Å²) in [5.41, 5.74) is -0.596. The van der Waals surface area contributed by atoms with Crippen molar-refractivity contribution in [1.82, 2.24) is 10.2 Å². The lowest BCUT2D eigenvalue weighted by molar-refractivity contribution is -0.129. The second-order valence-electron chi connectivity index (χ2n) is 11.2. The van der Waals surface area contributed by atoms with Gasteiger partial charge in [-0.3, -0.25) is 19.4 Å². The number of carbonyl (C=O) groups excluding carboxylic acids is 3. The number of nitrogens with zero attached hydrogens (tertiary/aromatic N) is 2. The van der Waals surface area contributed by atoms with Crippen LogP contribution in [0.15, 0.2) is 48.5 Å². The van der Waals surface area contributed by atoms with E-state index in [-0.39, 0.29) is 55.3 Å². The third kappa shape index (κ3) is 7.51. The fourth-order valence-electron chi connectivity index (χ4n) is 4.90. The number of hydrogen-bond acceptors (Lipinski definition) is 5. The largest absolute Gasteiger partial charge is 0.444 e. The first kappa shape index (κ1) is 30.6. The average molecular weight is 596 g/mol. The first-order chi connectivity index (χ1) is 19.3. The molecule has 0 radical (unpaired) electrons. The predicted molar refractivity (Wildman–Crippen MR) is 146 cm³/mol. The zero-order valence-corrected chi connectivity index (χ0v) is 23.8. The molecule has 12 heteroatoms. The van der Waals surface area contributed by atoms with Crippen molar-refractivity contribution in [2.24, 2.45) is 0 Å². The van der Waals surface area contributed by atoms with Crippen molar-refractivity contribution in [3.05, 3.63) is 64.9 Å². The molecule has 1 N–H and O–H groups in total. The molecule has 2 fully saturated rings. The van der Waals surface area contributed by atoms with Gasteiger partial charge in [-0.2, -0.15) is 0 Å². The SMILES string of the molecule is CC(C)(C)OC(=O)N1COCC1C(=O)N(c1cccc(F)c1)C(C(=O)NC1CCC(F)(F)CC1)c1ccccc1Cl. The number of alkyl halides is 2. The van der Waals surface area contributed by atoms with Crippen LogP contribution >= 0.6 is 11.6 Å². The molecule has 1 aliphatic heterocycles. The molecule has 1 saturated heterocycles. The number of benzene rings is 2. The van der Waals surface area contributed by atoms with Gasteiger partial charge in [0.1, 0.15) is 30.2 Å². The van der Waals surface area contributed by atoms with Crippen molar-refractivity contribution in [3.8, 4) is 0 Å². The average Bonchev–Trinajstić information content (AvgIpc) is 3.38. The molecule has 222 valence electrons. The van der Waals surface area contributed by atoms with Crippen molar-refractivity contribution in [2.75, 3.05) is 18.2 Å². The van der Waals surface area contributed by atoms with Gasteiger partial charge >= 0.3 is 6.09 Å². The normalized spacial score (nSPS) is 19.9. The summed E-state index contributed by atoms with van der Waals surface area (Å²) >= 11 is 6.52. The molecule has 1 saturated carbocycles. The Morgan fingerprint density at radius 1 is 1.12 bits per heavy atom. The summed E-state index contributed by atoms with van der Waals surface area (Å²) in [7, 11) is 0. The van der Waals surface area contributed by atoms with Crippen LogP contribution in [0, 0.1) is 5.82 Å². The van der Waals surface area contributed by atoms with E-state index in [9.17, 15) is 27.6 Å². The van der Waals surface area contributed by atoms with Crippen LogP contribution in [-0.4, -0.2) is 59.8 Å². The van der Waals surface area contributed by atoms with Crippen molar-refractivity contribution in [3.63, 3.8) is 0 Å². The van der Waals surface area contributed by atoms with Gasteiger partial charge in [0.2, 0.25) is 11.8 Å². The predicted octanol–water partition coefficient (Wildman–Crippen LogP) is 5.84. The molecule has 2 aromatic carbocycles. The molecule has 0 bridgehead atoms. The van der Waals surface area contributed by atoms with Crippen LogP contribution in [0.25, 0.3) is 0 Å². The topological polar surface area (TPSA) is 88.2 Å². The highest BCUT2D eigenvalue weighted by molar-refractivity contribution is 6.31. The van der Waals surface area contributed by atoms with E-state index in [1.807, 2.05) is 0 Å². The van der Waals surface area contributed by atoms with E-state index in [1.54, 1.807) is 39.0 Å². The lowest BCUT2D eigenvalue weighted by atomic mass is 9.91. The third-order valence-electron chi connectivity index (χ3n) is 6.89. The molecule has 2 atom stereocenters. The van der Waals surface area contributed by atoms with Crippen molar-refractivity contribution in [2.45, 2.75) is 76.1 Å². The van der Waals surface area contributed by atoms with Gasteiger partial charge in [0.05, 0.1) is 6.61 Å². The number of ether oxygens (including phenoxy) is 2. The Bertz CT molecular complexity index is 1280. The Morgan fingerprint density at radius 2 is 1.80 bits per heavy atom. The van der Waals surface area contributed by atoms with Crippen LogP contribution in [0.2, 0.25) is 5.02 Å². The number of rotatable bonds is 6. The maximum absolute atomic E-state index is 14.5. The summed E-state index contributed by atoms with van der Waals surface area (Å²) in [5, 5.41) is 2.96. The van der Waals surface area contributed by atoms with E-state index in [1.165, 1.54) is 24.3 Å². The van der Waals surface area contributed by atoms with E-state index in [2.05, 4.69) is 5.32 Å². The molecule has 0 spiro atoms. The van der Waals surface area contributed by atoms with E-state index < -0.39 is 53.4 Å². The minimum absolute atomic E-state index is 0.0290. The molecular weight excluding hydrogens is 563 g/mol. The smallest absolute Gasteiger partial charge is 0.412 e. The second-order valence-corrected chi connectivity index (χ2v) is 11.6. The van der Waals surface area contributed by atoms with Crippen LogP contribution in [0.1, 0.15) is 58.1 Å². The molecule has 1 aliphatic carbocycles. The number of carbonyl (C=O) groups is 3. The van der Waals surface area contributed by atoms with Crippen LogP contribution in [0.4, 0.5) is 23.7 Å². The first-order valence-electron chi connectivity index (χ1n) is 13.3. The highest BCUT2D eigenvalue weighted by Crippen LogP contribution is 2.36. The van der Waals surface area contributed by atoms with Crippen molar-refractivity contribution >= 4 is 35.2 Å². The molecule has 2 unspecified atom stereocenters. The Morgan fingerprint density at radius 3 is 2.44 bits per heavy atom. The van der Waals surface area contributed by atoms with Crippen molar-refractivity contribution in [1.29, 1.82) is 0 Å². The van der Waals surface area contributed by atoms with Gasteiger partial charge in [0.15, 0.2) is 0 Å². The quantitative estimate of drug-likeness (QED) is 0.453. The maximum atomic E-state index is 14.5. The fourth-order valence-corrected chi connectivity index (χ4v) is 5.14. The highest BCUT2D eigenvalue weighted by atomic mass is 35.5. The van der Waals surface area contributed by atoms with Crippen LogP contribution in [0.5, 0.6) is 0 Å². The number of halogens is 4. The van der Waals surface area contributed by atoms with Crippen LogP contribution < -0.4 is 10.2 Å². The second kappa shape index (κ2) is 12.3. The van der Waals surface area contributed by atoms with Gasteiger partial charge in [0, 0.05) is 35.2 Å². The van der Waals surface area contributed by atoms with E-state index >= 15 is 0 Å². The molecule has 8 nitrogen and oxygen atoms in total. The Hall–Kier alpha value is -3.31. The molecule has 41 heavy (non-hydrogen) atoms. The molecule has 2 aliphatic rings. The number of nitrogens with one attached hydrogen (secondary N) is 1. The minimum atomic E-state index is -2.81. The number of amides is 3. The van der Waals surface area contributed by atoms with Gasteiger partial charge < -0.3 is 14.8 Å². The summed E-state index contributed by atoms with van der Waals surface area (Å²) in [5.74, 6) is -4.90. The summed E-state index contributed by atoms with van der Waals surface area (Å²) in [6.45, 7) is 4.60. The van der Waals surface area contributed by atoms with Crippen molar-refractivity contribution < 1.29 is 37.0 Å².